The van der Waals surface area contributed by atoms with Crippen molar-refractivity contribution in [2.45, 2.75) is 24.9 Å². The lowest BCUT2D eigenvalue weighted by atomic mass is 9.74. The Morgan fingerprint density at radius 1 is 0.840 bits per heavy atom. The molecule has 0 amide bonds. The average Bonchev–Trinajstić information content (AvgIpc) is 2.81. The number of Topliss-reactive ketones (excluding diaryl/α,β-unsaturated/α-hetero) is 2. The van der Waals surface area contributed by atoms with E-state index in [0.29, 0.717) is 28.7 Å². The number of fused-ring (bicyclic) bond motifs is 4. The van der Waals surface area contributed by atoms with Crippen molar-refractivity contribution in [2.75, 3.05) is 0 Å². The maximum atomic E-state index is 12.6. The van der Waals surface area contributed by atoms with Gasteiger partial charge in [0.15, 0.2) is 11.6 Å². The van der Waals surface area contributed by atoms with Gasteiger partial charge < -0.3 is 15.3 Å². The highest BCUT2D eigenvalue weighted by atomic mass is 16.3. The molecule has 0 saturated carbocycles. The molecule has 0 aliphatic heterocycles. The summed E-state index contributed by atoms with van der Waals surface area (Å²) in [6.07, 6.45) is 0.478. The van der Waals surface area contributed by atoms with Gasteiger partial charge in [-0.1, -0.05) is 18.2 Å². The molecule has 5 heteroatoms. The standard InChI is InChI=1S/C20H14O5/c21-12-3-1-2-9-17(12)15(24)8-20(25)11-5-7-14(23)18-13(22)6-4-10(16(11)18)19(9)20/h1-3,5,7,21,23,25H,4,6,8H2/t20-/m0/s1. The number of carbonyl (C=O) groups is 2. The fourth-order valence-electron chi connectivity index (χ4n) is 4.59. The Hall–Kier alpha value is -2.92. The third kappa shape index (κ3) is 1.56. The minimum Gasteiger partial charge on any atom is -0.507 e. The van der Waals surface area contributed by atoms with Crippen LogP contribution in [0.4, 0.5) is 0 Å². The van der Waals surface area contributed by atoms with Gasteiger partial charge in [-0.15, -0.1) is 0 Å². The van der Waals surface area contributed by atoms with Gasteiger partial charge in [-0.05, 0) is 40.8 Å². The molecule has 0 radical (unpaired) electrons. The van der Waals surface area contributed by atoms with Gasteiger partial charge in [-0.3, -0.25) is 9.59 Å². The molecule has 0 bridgehead atoms. The number of hydrogen-bond acceptors (Lipinski definition) is 5. The van der Waals surface area contributed by atoms with Crippen molar-refractivity contribution in [3.63, 3.8) is 0 Å². The Morgan fingerprint density at radius 3 is 2.40 bits per heavy atom. The van der Waals surface area contributed by atoms with Crippen LogP contribution in [0.25, 0.3) is 11.1 Å². The predicted molar refractivity (Wildman–Crippen MR) is 89.4 cm³/mol. The van der Waals surface area contributed by atoms with E-state index in [4.69, 9.17) is 0 Å². The number of benzene rings is 2. The largest absolute Gasteiger partial charge is 0.507 e. The number of phenols is 2. The Balaban J connectivity index is 1.94. The normalized spacial score (nSPS) is 23.4. The van der Waals surface area contributed by atoms with Crippen LogP contribution in [0.2, 0.25) is 0 Å². The minimum atomic E-state index is -1.53. The van der Waals surface area contributed by atoms with Gasteiger partial charge >= 0.3 is 0 Å². The van der Waals surface area contributed by atoms with Crippen molar-refractivity contribution in [2.24, 2.45) is 0 Å². The molecule has 124 valence electrons. The molecule has 2 aromatic carbocycles. The molecule has 1 atom stereocenters. The van der Waals surface area contributed by atoms with Crippen LogP contribution in [0.3, 0.4) is 0 Å². The van der Waals surface area contributed by atoms with Crippen molar-refractivity contribution < 1.29 is 24.9 Å². The molecule has 3 aliphatic rings. The van der Waals surface area contributed by atoms with Crippen LogP contribution in [0.1, 0.15) is 56.7 Å². The Bertz CT molecular complexity index is 1050. The summed E-state index contributed by atoms with van der Waals surface area (Å²) in [7, 11) is 0. The molecule has 0 heterocycles. The summed E-state index contributed by atoms with van der Waals surface area (Å²) in [6, 6.07) is 7.78. The molecule has 0 aromatic heterocycles. The van der Waals surface area contributed by atoms with Gasteiger partial charge in [0.05, 0.1) is 11.1 Å². The topological polar surface area (TPSA) is 94.8 Å². The van der Waals surface area contributed by atoms with E-state index in [1.165, 1.54) is 12.1 Å². The first-order chi connectivity index (χ1) is 11.9. The number of hydrogen-bond donors (Lipinski definition) is 3. The molecule has 2 aromatic rings. The highest BCUT2D eigenvalue weighted by Crippen LogP contribution is 2.59. The van der Waals surface area contributed by atoms with Crippen LogP contribution in [0, 0.1) is 0 Å². The third-order valence-corrected chi connectivity index (χ3v) is 5.53. The van der Waals surface area contributed by atoms with Crippen molar-refractivity contribution in [1.29, 1.82) is 0 Å². The summed E-state index contributed by atoms with van der Waals surface area (Å²) < 4.78 is 0. The molecule has 0 saturated heterocycles. The van der Waals surface area contributed by atoms with Gasteiger partial charge in [0.1, 0.15) is 17.1 Å². The molecule has 3 N–H and O–H groups in total. The van der Waals surface area contributed by atoms with Crippen LogP contribution in [-0.2, 0) is 5.60 Å². The monoisotopic (exact) mass is 334 g/mol. The summed E-state index contributed by atoms with van der Waals surface area (Å²) in [5, 5.41) is 31.8. The van der Waals surface area contributed by atoms with E-state index in [1.807, 2.05) is 0 Å². The fraction of sp³-hybridized carbons (Fsp3) is 0.200. The number of ketones is 2. The fourth-order valence-corrected chi connectivity index (χ4v) is 4.59. The first kappa shape index (κ1) is 14.4. The molecule has 5 rings (SSSR count). The first-order valence-electron chi connectivity index (χ1n) is 8.15. The summed E-state index contributed by atoms with van der Waals surface area (Å²) >= 11 is 0. The molecular weight excluding hydrogens is 320 g/mol. The highest BCUT2D eigenvalue weighted by molar-refractivity contribution is 6.19. The summed E-state index contributed by atoms with van der Waals surface area (Å²) in [6.45, 7) is 0. The van der Waals surface area contributed by atoms with E-state index in [1.54, 1.807) is 18.2 Å². The zero-order chi connectivity index (χ0) is 17.5. The maximum absolute atomic E-state index is 12.6. The van der Waals surface area contributed by atoms with Crippen molar-refractivity contribution >= 4 is 22.7 Å². The van der Waals surface area contributed by atoms with E-state index in [2.05, 4.69) is 0 Å². The SMILES string of the molecule is O=C1C[C@@]2(O)C(=C3CCC(=O)c4c(O)ccc2c43)c2cccc(O)c21. The second kappa shape index (κ2) is 4.37. The van der Waals surface area contributed by atoms with Gasteiger partial charge in [-0.25, -0.2) is 0 Å². The number of phenolic OH excluding ortho intramolecular Hbond substituents is 2. The van der Waals surface area contributed by atoms with Gasteiger partial charge in [0, 0.05) is 18.4 Å². The van der Waals surface area contributed by atoms with Crippen LogP contribution >= 0.6 is 0 Å². The van der Waals surface area contributed by atoms with E-state index >= 15 is 0 Å². The van der Waals surface area contributed by atoms with E-state index in [-0.39, 0.29) is 47.0 Å². The second-order valence-electron chi connectivity index (χ2n) is 6.82. The van der Waals surface area contributed by atoms with Crippen molar-refractivity contribution in [1.82, 2.24) is 0 Å². The lowest BCUT2D eigenvalue weighted by Crippen LogP contribution is -2.33. The number of allylic oxidation sites excluding steroid dienone is 1. The second-order valence-corrected chi connectivity index (χ2v) is 6.82. The third-order valence-electron chi connectivity index (χ3n) is 5.53. The zero-order valence-electron chi connectivity index (χ0n) is 13.2. The lowest BCUT2D eigenvalue weighted by molar-refractivity contribution is 0.0668. The van der Waals surface area contributed by atoms with Crippen molar-refractivity contribution in [3.8, 4) is 11.5 Å². The molecular formula is C20H14O5. The first-order valence-corrected chi connectivity index (χ1v) is 8.15. The zero-order valence-corrected chi connectivity index (χ0v) is 13.2. The maximum Gasteiger partial charge on any atom is 0.170 e. The molecule has 5 nitrogen and oxygen atoms in total. The molecule has 25 heavy (non-hydrogen) atoms. The molecule has 0 unspecified atom stereocenters. The van der Waals surface area contributed by atoms with Crippen molar-refractivity contribution in [3.05, 3.63) is 58.1 Å². The smallest absolute Gasteiger partial charge is 0.170 e. The Labute approximate surface area is 142 Å². The number of rotatable bonds is 0. The van der Waals surface area contributed by atoms with Gasteiger partial charge in [-0.2, -0.15) is 0 Å². The van der Waals surface area contributed by atoms with Crippen LogP contribution in [-0.4, -0.2) is 26.9 Å². The van der Waals surface area contributed by atoms with Crippen LogP contribution < -0.4 is 0 Å². The highest BCUT2D eigenvalue weighted by Gasteiger charge is 2.52. The summed E-state index contributed by atoms with van der Waals surface area (Å²) in [5.74, 6) is -0.718. The average molecular weight is 334 g/mol. The molecule has 3 aliphatic carbocycles. The molecule has 0 fully saturated rings. The summed E-state index contributed by atoms with van der Waals surface area (Å²) in [4.78, 5) is 25.0. The van der Waals surface area contributed by atoms with Gasteiger partial charge in [0.2, 0.25) is 0 Å². The predicted octanol–water partition coefficient (Wildman–Crippen LogP) is 2.77. The van der Waals surface area contributed by atoms with Gasteiger partial charge in [0.25, 0.3) is 0 Å². The quantitative estimate of drug-likeness (QED) is 0.689. The number of aliphatic hydroxyl groups is 1. The number of carbonyl (C=O) groups excluding carboxylic acids is 2. The Kier molecular flexibility index (Phi) is 2.52. The van der Waals surface area contributed by atoms with Crippen LogP contribution in [0.15, 0.2) is 30.3 Å². The van der Waals surface area contributed by atoms with E-state index in [9.17, 15) is 24.9 Å². The Morgan fingerprint density at radius 2 is 1.60 bits per heavy atom. The van der Waals surface area contributed by atoms with Crippen LogP contribution in [0.5, 0.6) is 11.5 Å². The van der Waals surface area contributed by atoms with E-state index < -0.39 is 5.60 Å². The molecule has 0 spiro atoms. The number of aromatic hydroxyl groups is 2. The summed E-state index contributed by atoms with van der Waals surface area (Å²) in [5.41, 5.74) is 1.81. The minimum absolute atomic E-state index is 0.105. The van der Waals surface area contributed by atoms with E-state index in [0.717, 1.165) is 5.57 Å². The lowest BCUT2D eigenvalue weighted by Gasteiger charge is -2.33.